The van der Waals surface area contributed by atoms with Crippen molar-refractivity contribution in [1.29, 1.82) is 0 Å². The van der Waals surface area contributed by atoms with Crippen molar-refractivity contribution >= 4 is 17.9 Å². The average molecular weight is 771 g/mol. The summed E-state index contributed by atoms with van der Waals surface area (Å²) in [4.78, 5) is 37.7. The van der Waals surface area contributed by atoms with Gasteiger partial charge in [0.25, 0.3) is 0 Å². The molecule has 0 aromatic heterocycles. The Kier molecular flexibility index (Phi) is 42.0. The zero-order chi connectivity index (χ0) is 40.1. The van der Waals surface area contributed by atoms with Gasteiger partial charge in [-0.15, -0.1) is 0 Å². The second-order valence-corrected chi connectivity index (χ2v) is 15.3. The van der Waals surface area contributed by atoms with E-state index in [1.807, 2.05) is 0 Å². The van der Waals surface area contributed by atoms with Gasteiger partial charge in [0, 0.05) is 19.3 Å². The quantitative estimate of drug-likeness (QED) is 0.0267. The summed E-state index contributed by atoms with van der Waals surface area (Å²) in [5.41, 5.74) is 0. The fourth-order valence-electron chi connectivity index (χ4n) is 6.37. The van der Waals surface area contributed by atoms with Crippen LogP contribution in [0, 0.1) is 0 Å². The molecule has 318 valence electrons. The molecule has 6 nitrogen and oxygen atoms in total. The smallest absolute Gasteiger partial charge is 0.306 e. The number of hydrogen-bond acceptors (Lipinski definition) is 6. The van der Waals surface area contributed by atoms with Gasteiger partial charge in [-0.3, -0.25) is 14.4 Å². The first-order valence-electron chi connectivity index (χ1n) is 23.1. The van der Waals surface area contributed by atoms with Crippen LogP contribution >= 0.6 is 0 Å². The van der Waals surface area contributed by atoms with Gasteiger partial charge >= 0.3 is 17.9 Å². The molecule has 0 aliphatic carbocycles. The number of carbonyl (C=O) groups excluding carboxylic acids is 3. The number of ether oxygens (including phenoxy) is 3. The van der Waals surface area contributed by atoms with Crippen LogP contribution in [0.15, 0.2) is 48.6 Å². The third kappa shape index (κ3) is 42.4. The number of carbonyl (C=O) groups is 3. The molecule has 0 aliphatic heterocycles. The Hall–Kier alpha value is -2.63. The molecule has 0 spiro atoms. The standard InChI is InChI=1S/C49H86O6/c1-4-7-10-13-16-19-21-23-25-27-28-30-33-36-39-42-48(51)54-45-46(44-53-47(50)41-38-35-32-18-15-12-9-6-3)55-49(52)43-40-37-34-31-29-26-24-22-20-17-14-11-8-5-2/h7,10,16,19,23,25,28,30,46H,4-6,8-9,11-15,17-18,20-22,24,26-27,29,31-45H2,1-3H3/b10-7-,19-16-,25-23-,30-28-. The SMILES string of the molecule is CC/C=C\C/C=C\C/C=C\C/C=C\CCCCC(=O)OCC(COC(=O)CCCCCCCCCC)OC(=O)CCCCCCCCCCCCCCCC. The van der Waals surface area contributed by atoms with Crippen LogP contribution in [-0.2, 0) is 28.6 Å². The van der Waals surface area contributed by atoms with Crippen molar-refractivity contribution in [2.75, 3.05) is 13.2 Å². The minimum atomic E-state index is -0.782. The molecule has 0 aromatic rings. The van der Waals surface area contributed by atoms with Gasteiger partial charge in [-0.25, -0.2) is 0 Å². The molecule has 0 saturated heterocycles. The highest BCUT2D eigenvalue weighted by atomic mass is 16.6. The Bertz CT molecular complexity index is 980. The zero-order valence-electron chi connectivity index (χ0n) is 36.2. The maximum atomic E-state index is 12.7. The largest absolute Gasteiger partial charge is 0.462 e. The zero-order valence-corrected chi connectivity index (χ0v) is 36.2. The first kappa shape index (κ1) is 52.4. The Morgan fingerprint density at radius 1 is 0.382 bits per heavy atom. The molecule has 55 heavy (non-hydrogen) atoms. The Balaban J connectivity index is 4.39. The number of allylic oxidation sites excluding steroid dienone is 8. The van der Waals surface area contributed by atoms with Crippen LogP contribution in [0.4, 0.5) is 0 Å². The van der Waals surface area contributed by atoms with Gasteiger partial charge in [-0.1, -0.05) is 198 Å². The molecule has 0 aliphatic rings. The molecular weight excluding hydrogens is 685 g/mol. The van der Waals surface area contributed by atoms with Crippen LogP contribution in [0.25, 0.3) is 0 Å². The van der Waals surface area contributed by atoms with E-state index in [2.05, 4.69) is 69.4 Å². The van der Waals surface area contributed by atoms with Crippen molar-refractivity contribution in [2.24, 2.45) is 0 Å². The number of hydrogen-bond donors (Lipinski definition) is 0. The Morgan fingerprint density at radius 2 is 0.709 bits per heavy atom. The van der Waals surface area contributed by atoms with Gasteiger partial charge in [0.05, 0.1) is 0 Å². The lowest BCUT2D eigenvalue weighted by molar-refractivity contribution is -0.167. The van der Waals surface area contributed by atoms with E-state index in [1.54, 1.807) is 0 Å². The molecule has 0 rings (SSSR count). The van der Waals surface area contributed by atoms with Crippen LogP contribution in [-0.4, -0.2) is 37.2 Å². The second kappa shape index (κ2) is 44.1. The van der Waals surface area contributed by atoms with Crippen molar-refractivity contribution in [3.8, 4) is 0 Å². The average Bonchev–Trinajstić information content (AvgIpc) is 3.18. The van der Waals surface area contributed by atoms with E-state index < -0.39 is 6.10 Å². The predicted octanol–water partition coefficient (Wildman–Crippen LogP) is 14.8. The summed E-state index contributed by atoms with van der Waals surface area (Å²) in [6.07, 6.45) is 51.0. The minimum absolute atomic E-state index is 0.0839. The molecule has 0 bridgehead atoms. The van der Waals surface area contributed by atoms with Gasteiger partial charge in [0.2, 0.25) is 0 Å². The third-order valence-corrected chi connectivity index (χ3v) is 9.85. The van der Waals surface area contributed by atoms with Crippen molar-refractivity contribution in [1.82, 2.24) is 0 Å². The lowest BCUT2D eigenvalue weighted by atomic mass is 10.0. The minimum Gasteiger partial charge on any atom is -0.462 e. The maximum absolute atomic E-state index is 12.7. The van der Waals surface area contributed by atoms with Gasteiger partial charge < -0.3 is 14.2 Å². The van der Waals surface area contributed by atoms with Crippen LogP contribution in [0.1, 0.15) is 226 Å². The van der Waals surface area contributed by atoms with Crippen molar-refractivity contribution in [3.63, 3.8) is 0 Å². The Morgan fingerprint density at radius 3 is 1.11 bits per heavy atom. The highest BCUT2D eigenvalue weighted by Crippen LogP contribution is 2.15. The summed E-state index contributed by atoms with van der Waals surface area (Å²) in [6.45, 7) is 6.45. The fraction of sp³-hybridized carbons (Fsp3) is 0.776. The topological polar surface area (TPSA) is 78.9 Å². The van der Waals surface area contributed by atoms with E-state index in [-0.39, 0.29) is 31.1 Å². The van der Waals surface area contributed by atoms with Gasteiger partial charge in [-0.2, -0.15) is 0 Å². The van der Waals surface area contributed by atoms with E-state index >= 15 is 0 Å². The molecule has 1 unspecified atom stereocenters. The number of unbranched alkanes of at least 4 members (excludes halogenated alkanes) is 22. The second-order valence-electron chi connectivity index (χ2n) is 15.3. The lowest BCUT2D eigenvalue weighted by Crippen LogP contribution is -2.30. The molecule has 6 heteroatoms. The molecule has 0 aromatic carbocycles. The summed E-state index contributed by atoms with van der Waals surface area (Å²) >= 11 is 0. The molecular formula is C49H86O6. The first-order chi connectivity index (χ1) is 27.0. The van der Waals surface area contributed by atoms with Crippen LogP contribution in [0.5, 0.6) is 0 Å². The lowest BCUT2D eigenvalue weighted by Gasteiger charge is -2.18. The normalized spacial score (nSPS) is 12.4. The highest BCUT2D eigenvalue weighted by molar-refractivity contribution is 5.71. The summed E-state index contributed by atoms with van der Waals surface area (Å²) in [6, 6.07) is 0. The summed E-state index contributed by atoms with van der Waals surface area (Å²) in [5.74, 6) is -0.929. The monoisotopic (exact) mass is 771 g/mol. The van der Waals surface area contributed by atoms with Gasteiger partial charge in [0.1, 0.15) is 13.2 Å². The molecule has 0 fully saturated rings. The van der Waals surface area contributed by atoms with Crippen molar-refractivity contribution in [2.45, 2.75) is 232 Å². The van der Waals surface area contributed by atoms with Crippen molar-refractivity contribution in [3.05, 3.63) is 48.6 Å². The summed E-state index contributed by atoms with van der Waals surface area (Å²) in [5, 5.41) is 0. The highest BCUT2D eigenvalue weighted by Gasteiger charge is 2.19. The van der Waals surface area contributed by atoms with Crippen LogP contribution in [0.2, 0.25) is 0 Å². The van der Waals surface area contributed by atoms with E-state index in [1.165, 1.54) is 103 Å². The van der Waals surface area contributed by atoms with Crippen molar-refractivity contribution < 1.29 is 28.6 Å². The molecule has 0 radical (unpaired) electrons. The van der Waals surface area contributed by atoms with Gasteiger partial charge in [0.15, 0.2) is 6.10 Å². The van der Waals surface area contributed by atoms with E-state index in [0.717, 1.165) is 83.5 Å². The molecule has 0 saturated carbocycles. The molecule has 0 heterocycles. The van der Waals surface area contributed by atoms with Gasteiger partial charge in [-0.05, 0) is 57.8 Å². The summed E-state index contributed by atoms with van der Waals surface area (Å²) in [7, 11) is 0. The van der Waals surface area contributed by atoms with E-state index in [0.29, 0.717) is 19.3 Å². The number of esters is 3. The first-order valence-corrected chi connectivity index (χ1v) is 23.1. The third-order valence-electron chi connectivity index (χ3n) is 9.85. The fourth-order valence-corrected chi connectivity index (χ4v) is 6.37. The summed E-state index contributed by atoms with van der Waals surface area (Å²) < 4.78 is 16.7. The molecule has 1 atom stereocenters. The predicted molar refractivity (Wildman–Crippen MR) is 233 cm³/mol. The van der Waals surface area contributed by atoms with E-state index in [9.17, 15) is 14.4 Å². The maximum Gasteiger partial charge on any atom is 0.306 e. The van der Waals surface area contributed by atoms with Crippen LogP contribution < -0.4 is 0 Å². The van der Waals surface area contributed by atoms with Crippen LogP contribution in [0.3, 0.4) is 0 Å². The molecule has 0 N–H and O–H groups in total. The number of rotatable bonds is 41. The molecule has 0 amide bonds. The Labute approximate surface area is 339 Å². The van der Waals surface area contributed by atoms with E-state index in [4.69, 9.17) is 14.2 Å².